The van der Waals surface area contributed by atoms with Crippen molar-refractivity contribution in [2.75, 3.05) is 6.61 Å². The first-order valence-corrected chi connectivity index (χ1v) is 4.48. The first-order valence-electron chi connectivity index (χ1n) is 4.48. The van der Waals surface area contributed by atoms with E-state index in [0.29, 0.717) is 5.56 Å². The molecule has 1 radical (unpaired) electrons. The fraction of sp³-hybridized carbons (Fsp3) is 0.182. The summed E-state index contributed by atoms with van der Waals surface area (Å²) < 4.78 is 4.84. The third-order valence-corrected chi connectivity index (χ3v) is 1.68. The van der Waals surface area contributed by atoms with E-state index < -0.39 is 11.9 Å². The van der Waals surface area contributed by atoms with Crippen molar-refractivity contribution in [3.8, 4) is 0 Å². The SMILES string of the molecule is O=C(O)[CH]CCOC(=O)c1ccccc1. The largest absolute Gasteiger partial charge is 0.481 e. The van der Waals surface area contributed by atoms with Gasteiger partial charge >= 0.3 is 11.9 Å². The van der Waals surface area contributed by atoms with Crippen LogP contribution in [0.2, 0.25) is 0 Å². The van der Waals surface area contributed by atoms with E-state index >= 15 is 0 Å². The summed E-state index contributed by atoms with van der Waals surface area (Å²) in [5.74, 6) is -1.44. The third-order valence-electron chi connectivity index (χ3n) is 1.68. The van der Waals surface area contributed by atoms with Crippen LogP contribution in [0.3, 0.4) is 0 Å². The van der Waals surface area contributed by atoms with Gasteiger partial charge in [-0.1, -0.05) is 18.2 Å². The van der Waals surface area contributed by atoms with Gasteiger partial charge in [-0.05, 0) is 18.6 Å². The molecule has 0 saturated heterocycles. The smallest absolute Gasteiger partial charge is 0.338 e. The summed E-state index contributed by atoms with van der Waals surface area (Å²) in [6.07, 6.45) is 1.27. The van der Waals surface area contributed by atoms with E-state index in [-0.39, 0.29) is 13.0 Å². The Morgan fingerprint density at radius 2 is 1.93 bits per heavy atom. The predicted octanol–water partition coefficient (Wildman–Crippen LogP) is 1.52. The van der Waals surface area contributed by atoms with Gasteiger partial charge in [0.15, 0.2) is 0 Å². The molecule has 0 aliphatic rings. The Hall–Kier alpha value is -1.84. The number of carbonyl (C=O) groups excluding carboxylic acids is 1. The highest BCUT2D eigenvalue weighted by Gasteiger charge is 2.05. The van der Waals surface area contributed by atoms with Gasteiger partial charge < -0.3 is 9.84 Å². The molecule has 0 spiro atoms. The first kappa shape index (κ1) is 11.2. The number of rotatable bonds is 5. The number of esters is 1. The zero-order valence-electron chi connectivity index (χ0n) is 8.05. The Labute approximate surface area is 87.5 Å². The summed E-state index contributed by atoms with van der Waals surface area (Å²) in [6.45, 7) is 0.0834. The van der Waals surface area contributed by atoms with E-state index in [1.54, 1.807) is 30.3 Å². The molecule has 0 heterocycles. The molecule has 0 bridgehead atoms. The second-order valence-electron chi connectivity index (χ2n) is 2.83. The number of carboxylic acid groups (broad SMARTS) is 1. The van der Waals surface area contributed by atoms with Gasteiger partial charge in [0, 0.05) is 0 Å². The highest BCUT2D eigenvalue weighted by atomic mass is 16.5. The maximum absolute atomic E-state index is 11.3. The van der Waals surface area contributed by atoms with Gasteiger partial charge in [-0.25, -0.2) is 4.79 Å². The van der Waals surface area contributed by atoms with E-state index in [9.17, 15) is 9.59 Å². The summed E-state index contributed by atoms with van der Waals surface area (Å²) in [5.41, 5.74) is 0.466. The number of benzene rings is 1. The fourth-order valence-electron chi connectivity index (χ4n) is 0.992. The monoisotopic (exact) mass is 207 g/mol. The summed E-state index contributed by atoms with van der Waals surface area (Å²) in [6, 6.07) is 8.56. The van der Waals surface area contributed by atoms with Crippen molar-refractivity contribution >= 4 is 11.9 Å². The molecule has 0 aliphatic carbocycles. The summed E-state index contributed by atoms with van der Waals surface area (Å²) in [7, 11) is 0. The lowest BCUT2D eigenvalue weighted by Crippen LogP contribution is -2.07. The Morgan fingerprint density at radius 3 is 2.53 bits per heavy atom. The molecule has 0 aliphatic heterocycles. The molecule has 0 unspecified atom stereocenters. The lowest BCUT2D eigenvalue weighted by molar-refractivity contribution is -0.133. The summed E-state index contributed by atoms with van der Waals surface area (Å²) in [5, 5.41) is 8.30. The number of carbonyl (C=O) groups is 2. The van der Waals surface area contributed by atoms with E-state index in [2.05, 4.69) is 0 Å². The van der Waals surface area contributed by atoms with E-state index in [4.69, 9.17) is 9.84 Å². The van der Waals surface area contributed by atoms with Crippen molar-refractivity contribution in [2.24, 2.45) is 0 Å². The Kier molecular flexibility index (Phi) is 4.34. The van der Waals surface area contributed by atoms with Crippen LogP contribution in [0.5, 0.6) is 0 Å². The maximum atomic E-state index is 11.3. The van der Waals surface area contributed by atoms with Crippen molar-refractivity contribution in [3.63, 3.8) is 0 Å². The fourth-order valence-corrected chi connectivity index (χ4v) is 0.992. The molecule has 15 heavy (non-hydrogen) atoms. The number of aliphatic carboxylic acids is 1. The van der Waals surface area contributed by atoms with Crippen LogP contribution in [0, 0.1) is 6.42 Å². The molecule has 0 saturated carbocycles. The van der Waals surface area contributed by atoms with Gasteiger partial charge in [-0.3, -0.25) is 4.79 Å². The minimum Gasteiger partial charge on any atom is -0.481 e. The van der Waals surface area contributed by atoms with Gasteiger partial charge in [0.1, 0.15) is 0 Å². The van der Waals surface area contributed by atoms with Crippen LogP contribution in [-0.2, 0) is 9.53 Å². The van der Waals surface area contributed by atoms with Crippen LogP contribution < -0.4 is 0 Å². The van der Waals surface area contributed by atoms with Crippen LogP contribution in [0.1, 0.15) is 16.8 Å². The topological polar surface area (TPSA) is 63.6 Å². The summed E-state index contributed by atoms with van der Waals surface area (Å²) in [4.78, 5) is 21.4. The second kappa shape index (κ2) is 5.80. The zero-order valence-corrected chi connectivity index (χ0v) is 8.05. The summed E-state index contributed by atoms with van der Waals surface area (Å²) >= 11 is 0. The van der Waals surface area contributed by atoms with Crippen molar-refractivity contribution < 1.29 is 19.4 Å². The predicted molar refractivity (Wildman–Crippen MR) is 53.3 cm³/mol. The maximum Gasteiger partial charge on any atom is 0.338 e. The molecular formula is C11H11O4. The number of hydrogen-bond acceptors (Lipinski definition) is 3. The average Bonchev–Trinajstić information content (AvgIpc) is 2.25. The molecule has 0 aromatic heterocycles. The quantitative estimate of drug-likeness (QED) is 0.587. The normalized spacial score (nSPS) is 9.60. The van der Waals surface area contributed by atoms with E-state index in [1.807, 2.05) is 0 Å². The van der Waals surface area contributed by atoms with Gasteiger partial charge in [0.2, 0.25) is 0 Å². The minimum atomic E-state index is -1.01. The molecule has 0 atom stereocenters. The van der Waals surface area contributed by atoms with Crippen molar-refractivity contribution in [3.05, 3.63) is 42.3 Å². The Balaban J connectivity index is 2.28. The molecular weight excluding hydrogens is 196 g/mol. The Morgan fingerprint density at radius 1 is 1.27 bits per heavy atom. The molecule has 0 fully saturated rings. The third kappa shape index (κ3) is 4.26. The van der Waals surface area contributed by atoms with Gasteiger partial charge in [0.05, 0.1) is 18.6 Å². The van der Waals surface area contributed by atoms with Crippen LogP contribution in [0.4, 0.5) is 0 Å². The van der Waals surface area contributed by atoms with Crippen molar-refractivity contribution in [1.29, 1.82) is 0 Å². The molecule has 1 N–H and O–H groups in total. The lowest BCUT2D eigenvalue weighted by Gasteiger charge is -2.02. The lowest BCUT2D eigenvalue weighted by atomic mass is 10.2. The standard InChI is InChI=1S/C11H11O4/c12-10(13)7-4-8-15-11(14)9-5-2-1-3-6-9/h1-3,5-7H,4,8H2,(H,12,13). The number of ether oxygens (including phenoxy) is 1. The molecule has 1 aromatic carbocycles. The molecule has 1 aromatic rings. The minimum absolute atomic E-state index is 0.0834. The molecule has 1 rings (SSSR count). The number of carboxylic acids is 1. The molecule has 79 valence electrons. The highest BCUT2D eigenvalue weighted by molar-refractivity contribution is 5.89. The van der Waals surface area contributed by atoms with Gasteiger partial charge in [-0.15, -0.1) is 0 Å². The van der Waals surface area contributed by atoms with Gasteiger partial charge in [-0.2, -0.15) is 0 Å². The zero-order chi connectivity index (χ0) is 11.1. The van der Waals surface area contributed by atoms with E-state index in [0.717, 1.165) is 6.42 Å². The van der Waals surface area contributed by atoms with Crippen LogP contribution in [0.25, 0.3) is 0 Å². The number of hydrogen-bond donors (Lipinski definition) is 1. The average molecular weight is 207 g/mol. The van der Waals surface area contributed by atoms with E-state index in [1.165, 1.54) is 0 Å². The molecule has 4 nitrogen and oxygen atoms in total. The Bertz CT molecular complexity index is 332. The van der Waals surface area contributed by atoms with Crippen molar-refractivity contribution in [1.82, 2.24) is 0 Å². The van der Waals surface area contributed by atoms with Crippen LogP contribution in [-0.4, -0.2) is 23.7 Å². The van der Waals surface area contributed by atoms with Crippen LogP contribution >= 0.6 is 0 Å². The van der Waals surface area contributed by atoms with Crippen LogP contribution in [0.15, 0.2) is 30.3 Å². The second-order valence-corrected chi connectivity index (χ2v) is 2.83. The molecule has 0 amide bonds. The first-order chi connectivity index (χ1) is 7.20. The highest BCUT2D eigenvalue weighted by Crippen LogP contribution is 2.01. The molecule has 4 heteroatoms. The van der Waals surface area contributed by atoms with Crippen molar-refractivity contribution in [2.45, 2.75) is 6.42 Å². The van der Waals surface area contributed by atoms with Gasteiger partial charge in [0.25, 0.3) is 0 Å².